The molecule has 0 unspecified atom stereocenters. The van der Waals surface area contributed by atoms with Crippen LogP contribution in [0.15, 0.2) is 85.2 Å². The van der Waals surface area contributed by atoms with Gasteiger partial charge < -0.3 is 10.6 Å². The van der Waals surface area contributed by atoms with Gasteiger partial charge >= 0.3 is 0 Å². The second-order valence-corrected chi connectivity index (χ2v) is 5.84. The van der Waals surface area contributed by atoms with Crippen molar-refractivity contribution in [1.82, 2.24) is 10.6 Å². The Bertz CT molecular complexity index is 811. The molecule has 3 nitrogen and oxygen atoms in total. The maximum atomic E-state index is 8.96. The van der Waals surface area contributed by atoms with E-state index in [2.05, 4.69) is 42.0 Å². The van der Waals surface area contributed by atoms with E-state index in [1.807, 2.05) is 55.5 Å². The van der Waals surface area contributed by atoms with E-state index in [0.717, 1.165) is 29.1 Å². The van der Waals surface area contributed by atoms with Crippen molar-refractivity contribution in [1.29, 1.82) is 5.26 Å². The smallest absolute Gasteiger partial charge is 0.0994 e. The third-order valence-corrected chi connectivity index (χ3v) is 3.78. The molecule has 0 radical (unpaired) electrons. The number of hydrogen-bond acceptors (Lipinski definition) is 3. The van der Waals surface area contributed by atoms with Gasteiger partial charge in [0.15, 0.2) is 0 Å². The quantitative estimate of drug-likeness (QED) is 0.709. The van der Waals surface area contributed by atoms with E-state index in [1.165, 1.54) is 5.56 Å². The highest BCUT2D eigenvalue weighted by atomic mass is 14.9. The molecule has 0 saturated heterocycles. The van der Waals surface area contributed by atoms with E-state index >= 15 is 0 Å². The van der Waals surface area contributed by atoms with Crippen LogP contribution < -0.4 is 10.6 Å². The lowest BCUT2D eigenvalue weighted by molar-refractivity contribution is 0.825. The van der Waals surface area contributed by atoms with Crippen molar-refractivity contribution >= 4 is 0 Å². The van der Waals surface area contributed by atoms with Gasteiger partial charge in [0.05, 0.1) is 11.6 Å². The van der Waals surface area contributed by atoms with Gasteiger partial charge in [0.1, 0.15) is 0 Å². The second kappa shape index (κ2) is 9.14. The van der Waals surface area contributed by atoms with Crippen LogP contribution >= 0.6 is 0 Å². The van der Waals surface area contributed by atoms with Crippen LogP contribution in [0.2, 0.25) is 0 Å². The normalized spacial score (nSPS) is 10.2. The molecule has 0 spiro atoms. The molecular formula is C22H23N3. The largest absolute Gasteiger partial charge is 0.381 e. The van der Waals surface area contributed by atoms with Crippen molar-refractivity contribution in [3.8, 4) is 6.07 Å². The van der Waals surface area contributed by atoms with Gasteiger partial charge in [-0.1, -0.05) is 55.6 Å². The van der Waals surface area contributed by atoms with Crippen LogP contribution in [0, 0.1) is 18.3 Å². The van der Waals surface area contributed by atoms with E-state index in [0.29, 0.717) is 12.1 Å². The van der Waals surface area contributed by atoms with Crippen LogP contribution in [-0.4, -0.2) is 0 Å². The SMILES string of the molecule is C=C(/C=C/C(=C)NCc1ccc(C#N)c(C)c1)NCc1ccccc1. The molecule has 0 atom stereocenters. The summed E-state index contributed by atoms with van der Waals surface area (Å²) in [5.41, 5.74) is 5.67. The van der Waals surface area contributed by atoms with Crippen molar-refractivity contribution < 1.29 is 0 Å². The molecule has 0 bridgehead atoms. The Morgan fingerprint density at radius 3 is 2.12 bits per heavy atom. The van der Waals surface area contributed by atoms with Gasteiger partial charge in [0.2, 0.25) is 0 Å². The van der Waals surface area contributed by atoms with Gasteiger partial charge in [-0.05, 0) is 41.8 Å². The third-order valence-electron chi connectivity index (χ3n) is 3.78. The number of allylic oxidation sites excluding steroid dienone is 2. The van der Waals surface area contributed by atoms with Gasteiger partial charge in [-0.15, -0.1) is 0 Å². The lowest BCUT2D eigenvalue weighted by Gasteiger charge is -2.09. The van der Waals surface area contributed by atoms with Crippen LogP contribution in [0.25, 0.3) is 0 Å². The number of nitriles is 1. The van der Waals surface area contributed by atoms with Crippen LogP contribution in [0.5, 0.6) is 0 Å². The van der Waals surface area contributed by atoms with Crippen LogP contribution in [0.3, 0.4) is 0 Å². The Balaban J connectivity index is 1.77. The van der Waals surface area contributed by atoms with Gasteiger partial charge in [0, 0.05) is 24.5 Å². The van der Waals surface area contributed by atoms with Crippen LogP contribution in [0.4, 0.5) is 0 Å². The van der Waals surface area contributed by atoms with E-state index < -0.39 is 0 Å². The minimum absolute atomic E-state index is 0.666. The van der Waals surface area contributed by atoms with Crippen molar-refractivity contribution in [2.45, 2.75) is 20.0 Å². The minimum atomic E-state index is 0.666. The summed E-state index contributed by atoms with van der Waals surface area (Å²) in [6, 6.07) is 18.2. The molecule has 2 aromatic rings. The van der Waals surface area contributed by atoms with Gasteiger partial charge in [-0.25, -0.2) is 0 Å². The summed E-state index contributed by atoms with van der Waals surface area (Å²) in [7, 11) is 0. The topological polar surface area (TPSA) is 47.9 Å². The molecule has 0 heterocycles. The molecular weight excluding hydrogens is 306 g/mol. The van der Waals surface area contributed by atoms with Gasteiger partial charge in [0.25, 0.3) is 0 Å². The number of aryl methyl sites for hydroxylation is 1. The van der Waals surface area contributed by atoms with Gasteiger partial charge in [-0.3, -0.25) is 0 Å². The molecule has 3 heteroatoms. The molecule has 0 saturated carbocycles. The first-order chi connectivity index (χ1) is 12.1. The number of rotatable bonds is 8. The molecule has 126 valence electrons. The Hall–Kier alpha value is -3.25. The maximum absolute atomic E-state index is 8.96. The van der Waals surface area contributed by atoms with E-state index in [4.69, 9.17) is 5.26 Å². The number of hydrogen-bond donors (Lipinski definition) is 2. The number of nitrogens with one attached hydrogen (secondary N) is 2. The summed E-state index contributed by atoms with van der Waals surface area (Å²) in [6.45, 7) is 11.3. The fraction of sp³-hybridized carbons (Fsp3) is 0.136. The fourth-order valence-corrected chi connectivity index (χ4v) is 2.31. The molecule has 2 rings (SSSR count). The predicted molar refractivity (Wildman–Crippen MR) is 103 cm³/mol. The second-order valence-electron chi connectivity index (χ2n) is 5.84. The van der Waals surface area contributed by atoms with Gasteiger partial charge in [-0.2, -0.15) is 5.26 Å². The lowest BCUT2D eigenvalue weighted by atomic mass is 10.1. The summed E-state index contributed by atoms with van der Waals surface area (Å²) < 4.78 is 0. The summed E-state index contributed by atoms with van der Waals surface area (Å²) >= 11 is 0. The zero-order valence-electron chi connectivity index (χ0n) is 14.5. The molecule has 25 heavy (non-hydrogen) atoms. The maximum Gasteiger partial charge on any atom is 0.0994 e. The van der Waals surface area contributed by atoms with E-state index in [9.17, 15) is 0 Å². The first-order valence-electron chi connectivity index (χ1n) is 8.15. The Labute approximate surface area is 150 Å². The lowest BCUT2D eigenvalue weighted by Crippen LogP contribution is -2.12. The standard InChI is InChI=1S/C22H23N3/c1-17-13-21(11-12-22(17)14-23)16-25-19(3)10-9-18(2)24-15-20-7-5-4-6-8-20/h4-13,24-25H,2-3,15-16H2,1H3/b10-9+. The minimum Gasteiger partial charge on any atom is -0.381 e. The average molecular weight is 329 g/mol. The van der Waals surface area contributed by atoms with Crippen molar-refractivity contribution in [3.05, 3.63) is 107 Å². The summed E-state index contributed by atoms with van der Waals surface area (Å²) in [4.78, 5) is 0. The molecule has 0 aromatic heterocycles. The predicted octanol–water partition coefficient (Wildman–Crippen LogP) is 4.33. The summed E-state index contributed by atoms with van der Waals surface area (Å²) in [6.07, 6.45) is 3.80. The zero-order valence-corrected chi connectivity index (χ0v) is 14.5. The first kappa shape index (κ1) is 18.1. The molecule has 0 aliphatic carbocycles. The van der Waals surface area contributed by atoms with Crippen LogP contribution in [0.1, 0.15) is 22.3 Å². The number of benzene rings is 2. The fourth-order valence-electron chi connectivity index (χ4n) is 2.31. The molecule has 0 aliphatic rings. The summed E-state index contributed by atoms with van der Waals surface area (Å²) in [5.74, 6) is 0. The van der Waals surface area contributed by atoms with Crippen LogP contribution in [-0.2, 0) is 13.1 Å². The molecule has 2 aromatic carbocycles. The first-order valence-corrected chi connectivity index (χ1v) is 8.15. The van der Waals surface area contributed by atoms with E-state index in [-0.39, 0.29) is 0 Å². The highest BCUT2D eigenvalue weighted by Crippen LogP contribution is 2.10. The number of nitrogens with zero attached hydrogens (tertiary/aromatic N) is 1. The monoisotopic (exact) mass is 329 g/mol. The van der Waals surface area contributed by atoms with Crippen molar-refractivity contribution in [2.75, 3.05) is 0 Å². The molecule has 2 N–H and O–H groups in total. The highest BCUT2D eigenvalue weighted by molar-refractivity contribution is 5.39. The highest BCUT2D eigenvalue weighted by Gasteiger charge is 1.99. The van der Waals surface area contributed by atoms with Crippen molar-refractivity contribution in [2.24, 2.45) is 0 Å². The van der Waals surface area contributed by atoms with E-state index in [1.54, 1.807) is 0 Å². The third kappa shape index (κ3) is 6.04. The van der Waals surface area contributed by atoms with Crippen molar-refractivity contribution in [3.63, 3.8) is 0 Å². The Kier molecular flexibility index (Phi) is 6.62. The molecule has 0 aliphatic heterocycles. The average Bonchev–Trinajstić information content (AvgIpc) is 2.64. The zero-order chi connectivity index (χ0) is 18.1. The Morgan fingerprint density at radius 1 is 0.960 bits per heavy atom. The molecule has 0 amide bonds. The summed E-state index contributed by atoms with van der Waals surface area (Å²) in [5, 5.41) is 15.5. The Morgan fingerprint density at radius 2 is 1.56 bits per heavy atom. The molecule has 0 fully saturated rings.